The topological polar surface area (TPSA) is 0 Å². The van der Waals surface area contributed by atoms with Crippen LogP contribution in [0.4, 0.5) is 0 Å². The third-order valence-electron chi connectivity index (χ3n) is 4.36. The van der Waals surface area contributed by atoms with Gasteiger partial charge in [-0.15, -0.1) is 22.7 Å². The molecule has 0 amide bonds. The Balaban J connectivity index is 1.99. The van der Waals surface area contributed by atoms with E-state index >= 15 is 0 Å². The van der Waals surface area contributed by atoms with Crippen molar-refractivity contribution in [2.75, 3.05) is 0 Å². The summed E-state index contributed by atoms with van der Waals surface area (Å²) in [4.78, 5) is 2.76. The maximum absolute atomic E-state index is 2.37. The predicted octanol–water partition coefficient (Wildman–Crippen LogP) is 7.04. The first kappa shape index (κ1) is 12.6. The fourth-order valence-electron chi connectivity index (χ4n) is 3.40. The van der Waals surface area contributed by atoms with Gasteiger partial charge < -0.3 is 0 Å². The summed E-state index contributed by atoms with van der Waals surface area (Å²) in [5.41, 5.74) is 0. The second-order valence-corrected chi connectivity index (χ2v) is 8.58. The van der Waals surface area contributed by atoms with E-state index in [-0.39, 0.29) is 0 Å². The summed E-state index contributed by atoms with van der Waals surface area (Å²) in [6.45, 7) is 4.37. The van der Waals surface area contributed by atoms with Crippen molar-refractivity contribution in [2.24, 2.45) is 0 Å². The minimum Gasteiger partial charge on any atom is -0.141 e. The summed E-state index contributed by atoms with van der Waals surface area (Å²) in [7, 11) is 0. The van der Waals surface area contributed by atoms with Gasteiger partial charge in [-0.25, -0.2) is 0 Å². The van der Waals surface area contributed by atoms with E-state index in [2.05, 4.69) is 62.4 Å². The van der Waals surface area contributed by atoms with Gasteiger partial charge in [-0.3, -0.25) is 0 Å². The Labute approximate surface area is 136 Å². The SMILES string of the molecule is Cc1cc2cc3ccc4cc5cc(C)sc5cc4c3cc2s1. The van der Waals surface area contributed by atoms with Crippen LogP contribution < -0.4 is 0 Å². The summed E-state index contributed by atoms with van der Waals surface area (Å²) in [6.07, 6.45) is 0. The van der Waals surface area contributed by atoms with Gasteiger partial charge in [0.15, 0.2) is 0 Å². The van der Waals surface area contributed by atoms with Gasteiger partial charge in [-0.1, -0.05) is 12.1 Å². The predicted molar refractivity (Wildman–Crippen MR) is 102 cm³/mol. The maximum atomic E-state index is 2.37. The molecule has 22 heavy (non-hydrogen) atoms. The molecule has 0 spiro atoms. The van der Waals surface area contributed by atoms with Gasteiger partial charge in [0.25, 0.3) is 0 Å². The second-order valence-electron chi connectivity index (χ2n) is 6.00. The summed E-state index contributed by atoms with van der Waals surface area (Å²) < 4.78 is 2.78. The van der Waals surface area contributed by atoms with Crippen LogP contribution in [0.5, 0.6) is 0 Å². The van der Waals surface area contributed by atoms with Crippen LogP contribution >= 0.6 is 22.7 Å². The van der Waals surface area contributed by atoms with E-state index in [0.29, 0.717) is 0 Å². The molecule has 0 N–H and O–H groups in total. The molecule has 106 valence electrons. The Hall–Kier alpha value is -1.90. The zero-order chi connectivity index (χ0) is 14.8. The normalized spacial score (nSPS) is 12.1. The Kier molecular flexibility index (Phi) is 2.47. The Morgan fingerprint density at radius 1 is 0.545 bits per heavy atom. The molecule has 2 aromatic heterocycles. The lowest BCUT2D eigenvalue weighted by atomic mass is 10.00. The van der Waals surface area contributed by atoms with Crippen molar-refractivity contribution >= 4 is 64.4 Å². The molecule has 0 aliphatic heterocycles. The number of thiophene rings is 2. The molecule has 0 bridgehead atoms. The van der Waals surface area contributed by atoms with Crippen LogP contribution in [-0.2, 0) is 0 Å². The quantitative estimate of drug-likeness (QED) is 0.269. The molecule has 0 radical (unpaired) electrons. The molecule has 3 aromatic carbocycles. The van der Waals surface area contributed by atoms with E-state index < -0.39 is 0 Å². The molecule has 0 unspecified atom stereocenters. The van der Waals surface area contributed by atoms with Gasteiger partial charge >= 0.3 is 0 Å². The smallest absolute Gasteiger partial charge is 0.0352 e. The van der Waals surface area contributed by atoms with Crippen LogP contribution in [0.2, 0.25) is 0 Å². The van der Waals surface area contributed by atoms with Crippen LogP contribution in [-0.4, -0.2) is 0 Å². The molecular formula is C20H14S2. The second kappa shape index (κ2) is 4.31. The van der Waals surface area contributed by atoms with E-state index in [9.17, 15) is 0 Å². The molecule has 0 nitrogen and oxygen atoms in total. The third kappa shape index (κ3) is 1.74. The Morgan fingerprint density at radius 3 is 1.45 bits per heavy atom. The molecule has 0 saturated carbocycles. The summed E-state index contributed by atoms with van der Waals surface area (Å²) in [5, 5.41) is 8.15. The van der Waals surface area contributed by atoms with E-state index in [0.717, 1.165) is 0 Å². The monoisotopic (exact) mass is 318 g/mol. The molecular weight excluding hydrogens is 304 g/mol. The number of hydrogen-bond donors (Lipinski definition) is 0. The molecule has 0 saturated heterocycles. The molecule has 2 heteroatoms. The summed E-state index contributed by atoms with van der Waals surface area (Å²) >= 11 is 3.77. The Bertz CT molecular complexity index is 1090. The fourth-order valence-corrected chi connectivity index (χ4v) is 5.29. The van der Waals surface area contributed by atoms with Gasteiger partial charge in [0.2, 0.25) is 0 Å². The zero-order valence-corrected chi connectivity index (χ0v) is 14.1. The van der Waals surface area contributed by atoms with Crippen molar-refractivity contribution in [1.29, 1.82) is 0 Å². The van der Waals surface area contributed by atoms with Crippen molar-refractivity contribution in [1.82, 2.24) is 0 Å². The highest BCUT2D eigenvalue weighted by atomic mass is 32.1. The average molecular weight is 318 g/mol. The number of hydrogen-bond acceptors (Lipinski definition) is 2. The maximum Gasteiger partial charge on any atom is 0.0352 e. The largest absolute Gasteiger partial charge is 0.141 e. The van der Waals surface area contributed by atoms with E-state index in [1.54, 1.807) is 0 Å². The number of rotatable bonds is 0. The van der Waals surface area contributed by atoms with Gasteiger partial charge in [0.05, 0.1) is 0 Å². The van der Waals surface area contributed by atoms with Crippen LogP contribution in [0, 0.1) is 13.8 Å². The lowest BCUT2D eigenvalue weighted by Gasteiger charge is -2.05. The molecule has 0 fully saturated rings. The molecule has 0 aliphatic carbocycles. The first-order valence-electron chi connectivity index (χ1n) is 7.44. The summed E-state index contributed by atoms with van der Waals surface area (Å²) in [5.74, 6) is 0. The first-order chi connectivity index (χ1) is 10.7. The highest BCUT2D eigenvalue weighted by Crippen LogP contribution is 2.36. The molecule has 5 rings (SSSR count). The average Bonchev–Trinajstić information content (AvgIpc) is 3.02. The highest BCUT2D eigenvalue weighted by Gasteiger charge is 2.07. The lowest BCUT2D eigenvalue weighted by Crippen LogP contribution is -1.78. The van der Waals surface area contributed by atoms with Crippen molar-refractivity contribution in [3.63, 3.8) is 0 Å². The highest BCUT2D eigenvalue weighted by molar-refractivity contribution is 7.19. The minimum absolute atomic E-state index is 1.34. The third-order valence-corrected chi connectivity index (χ3v) is 6.38. The van der Waals surface area contributed by atoms with Crippen LogP contribution in [0.25, 0.3) is 41.7 Å². The van der Waals surface area contributed by atoms with Gasteiger partial charge in [0.1, 0.15) is 0 Å². The van der Waals surface area contributed by atoms with Gasteiger partial charge in [-0.05, 0) is 82.6 Å². The number of fused-ring (bicyclic) bond motifs is 5. The van der Waals surface area contributed by atoms with Crippen molar-refractivity contribution in [3.05, 3.63) is 58.3 Å². The van der Waals surface area contributed by atoms with E-state index in [1.165, 1.54) is 51.5 Å². The zero-order valence-electron chi connectivity index (χ0n) is 12.4. The van der Waals surface area contributed by atoms with Crippen LogP contribution in [0.1, 0.15) is 9.75 Å². The van der Waals surface area contributed by atoms with Crippen LogP contribution in [0.15, 0.2) is 48.5 Å². The van der Waals surface area contributed by atoms with Crippen molar-refractivity contribution in [3.8, 4) is 0 Å². The van der Waals surface area contributed by atoms with E-state index in [4.69, 9.17) is 0 Å². The Morgan fingerprint density at radius 2 is 1.00 bits per heavy atom. The molecule has 2 heterocycles. The fraction of sp³-hybridized carbons (Fsp3) is 0.100. The van der Waals surface area contributed by atoms with Crippen molar-refractivity contribution in [2.45, 2.75) is 13.8 Å². The van der Waals surface area contributed by atoms with Gasteiger partial charge in [-0.2, -0.15) is 0 Å². The molecule has 0 atom stereocenters. The van der Waals surface area contributed by atoms with Crippen LogP contribution in [0.3, 0.4) is 0 Å². The van der Waals surface area contributed by atoms with Crippen molar-refractivity contribution < 1.29 is 0 Å². The first-order valence-corrected chi connectivity index (χ1v) is 9.07. The lowest BCUT2D eigenvalue weighted by molar-refractivity contribution is 1.66. The summed E-state index contributed by atoms with van der Waals surface area (Å²) in [6, 6.07) is 18.5. The standard InChI is InChI=1S/C20H14S2/c1-11-5-15-7-13-3-4-14-8-16-6-12(2)22-20(16)10-18(14)17(13)9-19(15)21-11/h3-10H,1-2H3. The van der Waals surface area contributed by atoms with Gasteiger partial charge in [0, 0.05) is 19.2 Å². The van der Waals surface area contributed by atoms with E-state index in [1.807, 2.05) is 22.7 Å². The minimum atomic E-state index is 1.34. The number of aryl methyl sites for hydroxylation is 2. The molecule has 5 aromatic rings. The number of benzene rings is 3. The molecule has 0 aliphatic rings.